The van der Waals surface area contributed by atoms with E-state index in [-0.39, 0.29) is 5.97 Å². The molecule has 0 bridgehead atoms. The highest BCUT2D eigenvalue weighted by atomic mass is 16.5. The number of benzene rings is 1. The maximum atomic E-state index is 11.5. The summed E-state index contributed by atoms with van der Waals surface area (Å²) in [6.07, 6.45) is 1.89. The van der Waals surface area contributed by atoms with E-state index in [0.717, 1.165) is 18.5 Å². The van der Waals surface area contributed by atoms with E-state index in [1.807, 2.05) is 41.9 Å². The summed E-state index contributed by atoms with van der Waals surface area (Å²) in [6, 6.07) is 14.1. The minimum atomic E-state index is -0.288. The number of carbonyl (C=O) groups excluding carboxylic acids is 1. The van der Waals surface area contributed by atoms with Crippen LogP contribution in [0.4, 0.5) is 0 Å². The number of ether oxygens (including phenoxy) is 1. The Balaban J connectivity index is 2.07. The van der Waals surface area contributed by atoms with E-state index in [0.29, 0.717) is 5.69 Å². The molecule has 0 saturated heterocycles. The van der Waals surface area contributed by atoms with Crippen molar-refractivity contribution in [2.45, 2.75) is 12.8 Å². The highest BCUT2D eigenvalue weighted by molar-refractivity contribution is 5.87. The van der Waals surface area contributed by atoms with Crippen molar-refractivity contribution >= 4 is 5.97 Å². The van der Waals surface area contributed by atoms with E-state index in [1.165, 1.54) is 12.7 Å². The smallest absolute Gasteiger partial charge is 0.354 e. The normalized spacial score (nSPS) is 10.3. The lowest BCUT2D eigenvalue weighted by atomic mass is 10.1. The summed E-state index contributed by atoms with van der Waals surface area (Å²) in [5.74, 6) is -0.288. The van der Waals surface area contributed by atoms with Crippen molar-refractivity contribution in [3.05, 3.63) is 59.4 Å². The van der Waals surface area contributed by atoms with Crippen LogP contribution < -0.4 is 0 Å². The average molecular weight is 243 g/mol. The molecule has 0 unspecified atom stereocenters. The Morgan fingerprint density at radius 3 is 2.50 bits per heavy atom. The van der Waals surface area contributed by atoms with Gasteiger partial charge in [0.05, 0.1) is 7.11 Å². The molecule has 1 heterocycles. The van der Waals surface area contributed by atoms with Crippen LogP contribution in [0.2, 0.25) is 0 Å². The van der Waals surface area contributed by atoms with E-state index in [2.05, 4.69) is 12.1 Å². The highest BCUT2D eigenvalue weighted by Gasteiger charge is 2.12. The molecule has 0 spiro atoms. The lowest BCUT2D eigenvalue weighted by Crippen LogP contribution is -2.09. The van der Waals surface area contributed by atoms with Crippen LogP contribution in [0.25, 0.3) is 0 Å². The summed E-state index contributed by atoms with van der Waals surface area (Å²) in [5, 5.41) is 0. The van der Waals surface area contributed by atoms with E-state index >= 15 is 0 Å². The van der Waals surface area contributed by atoms with Gasteiger partial charge in [0.2, 0.25) is 0 Å². The number of nitrogens with zero attached hydrogens (tertiary/aromatic N) is 1. The van der Waals surface area contributed by atoms with Gasteiger partial charge in [0.25, 0.3) is 0 Å². The third-order valence-electron chi connectivity index (χ3n) is 3.13. The molecule has 0 aliphatic rings. The lowest BCUT2D eigenvalue weighted by molar-refractivity contribution is 0.0589. The predicted molar refractivity (Wildman–Crippen MR) is 70.6 cm³/mol. The molecular weight excluding hydrogens is 226 g/mol. The fourth-order valence-corrected chi connectivity index (χ4v) is 2.03. The van der Waals surface area contributed by atoms with E-state index < -0.39 is 0 Å². The topological polar surface area (TPSA) is 31.2 Å². The van der Waals surface area contributed by atoms with Crippen molar-refractivity contribution in [1.82, 2.24) is 4.57 Å². The van der Waals surface area contributed by atoms with Crippen LogP contribution >= 0.6 is 0 Å². The fraction of sp³-hybridized carbons (Fsp3) is 0.267. The fourth-order valence-electron chi connectivity index (χ4n) is 2.03. The van der Waals surface area contributed by atoms with Crippen molar-refractivity contribution in [3.63, 3.8) is 0 Å². The first kappa shape index (κ1) is 12.4. The number of rotatable bonds is 4. The molecule has 0 atom stereocenters. The van der Waals surface area contributed by atoms with Crippen LogP contribution in [-0.4, -0.2) is 17.6 Å². The Labute approximate surface area is 107 Å². The van der Waals surface area contributed by atoms with Gasteiger partial charge in [-0.25, -0.2) is 4.79 Å². The Morgan fingerprint density at radius 1 is 1.11 bits per heavy atom. The summed E-state index contributed by atoms with van der Waals surface area (Å²) >= 11 is 0. The lowest BCUT2D eigenvalue weighted by Gasteiger charge is -2.06. The van der Waals surface area contributed by atoms with Gasteiger partial charge in [0.1, 0.15) is 5.69 Å². The third kappa shape index (κ3) is 2.62. The van der Waals surface area contributed by atoms with E-state index in [9.17, 15) is 4.79 Å². The molecule has 0 aliphatic heterocycles. The molecule has 2 rings (SSSR count). The van der Waals surface area contributed by atoms with Crippen molar-refractivity contribution in [1.29, 1.82) is 0 Å². The molecule has 3 nitrogen and oxygen atoms in total. The molecule has 18 heavy (non-hydrogen) atoms. The van der Waals surface area contributed by atoms with E-state index in [4.69, 9.17) is 4.74 Å². The molecule has 0 N–H and O–H groups in total. The maximum Gasteiger partial charge on any atom is 0.354 e. The minimum Gasteiger partial charge on any atom is -0.464 e. The monoisotopic (exact) mass is 243 g/mol. The quantitative estimate of drug-likeness (QED) is 0.773. The Hall–Kier alpha value is -2.03. The van der Waals surface area contributed by atoms with Gasteiger partial charge in [0.15, 0.2) is 0 Å². The number of aromatic nitrogens is 1. The molecule has 1 aromatic carbocycles. The number of carbonyl (C=O) groups is 1. The second kappa shape index (κ2) is 5.54. The summed E-state index contributed by atoms with van der Waals surface area (Å²) in [6.45, 7) is 0. The first-order chi connectivity index (χ1) is 8.72. The second-order valence-corrected chi connectivity index (χ2v) is 4.25. The first-order valence-electron chi connectivity index (χ1n) is 5.99. The summed E-state index contributed by atoms with van der Waals surface area (Å²) in [4.78, 5) is 11.5. The van der Waals surface area contributed by atoms with Gasteiger partial charge in [-0.1, -0.05) is 30.3 Å². The molecule has 0 aliphatic carbocycles. The molecule has 0 radical (unpaired) electrons. The molecule has 0 amide bonds. The van der Waals surface area contributed by atoms with Crippen LogP contribution in [-0.2, 0) is 24.6 Å². The van der Waals surface area contributed by atoms with Gasteiger partial charge in [-0.3, -0.25) is 0 Å². The number of hydrogen-bond acceptors (Lipinski definition) is 2. The molecule has 3 heteroatoms. The Kier molecular flexibility index (Phi) is 3.82. The Morgan fingerprint density at radius 2 is 1.83 bits per heavy atom. The van der Waals surface area contributed by atoms with Gasteiger partial charge in [-0.2, -0.15) is 0 Å². The van der Waals surface area contributed by atoms with Crippen molar-refractivity contribution in [2.24, 2.45) is 7.05 Å². The number of hydrogen-bond donors (Lipinski definition) is 0. The third-order valence-corrected chi connectivity index (χ3v) is 3.13. The van der Waals surface area contributed by atoms with Crippen molar-refractivity contribution < 1.29 is 9.53 Å². The zero-order valence-electron chi connectivity index (χ0n) is 10.7. The summed E-state index contributed by atoms with van der Waals surface area (Å²) < 4.78 is 6.63. The molecule has 2 aromatic rings. The van der Waals surface area contributed by atoms with Gasteiger partial charge in [-0.15, -0.1) is 0 Å². The average Bonchev–Trinajstić information content (AvgIpc) is 2.78. The Bertz CT molecular complexity index is 529. The standard InChI is InChI=1S/C15H17NO2/c1-16-13(10-11-14(16)15(17)18-2)9-8-12-6-4-3-5-7-12/h3-7,10-11H,8-9H2,1-2H3. The van der Waals surface area contributed by atoms with Gasteiger partial charge < -0.3 is 9.30 Å². The maximum absolute atomic E-state index is 11.5. The predicted octanol–water partition coefficient (Wildman–Crippen LogP) is 2.60. The van der Waals surface area contributed by atoms with Crippen LogP contribution in [0.1, 0.15) is 21.7 Å². The number of esters is 1. The van der Waals surface area contributed by atoms with Crippen molar-refractivity contribution in [2.75, 3.05) is 7.11 Å². The molecule has 0 saturated carbocycles. The minimum absolute atomic E-state index is 0.288. The molecule has 1 aromatic heterocycles. The summed E-state index contributed by atoms with van der Waals surface area (Å²) in [7, 11) is 3.30. The van der Waals surface area contributed by atoms with Gasteiger partial charge in [0, 0.05) is 12.7 Å². The summed E-state index contributed by atoms with van der Waals surface area (Å²) in [5.41, 5.74) is 3.04. The van der Waals surface area contributed by atoms with Crippen LogP contribution in [0, 0.1) is 0 Å². The SMILES string of the molecule is COC(=O)c1ccc(CCc2ccccc2)n1C. The number of methoxy groups -OCH3 is 1. The molecular formula is C15H17NO2. The zero-order valence-corrected chi connectivity index (χ0v) is 10.7. The van der Waals surface area contributed by atoms with Gasteiger partial charge >= 0.3 is 5.97 Å². The van der Waals surface area contributed by atoms with Gasteiger partial charge in [-0.05, 0) is 30.5 Å². The number of aryl methyl sites for hydroxylation is 2. The van der Waals surface area contributed by atoms with Crippen LogP contribution in [0.15, 0.2) is 42.5 Å². The van der Waals surface area contributed by atoms with E-state index in [1.54, 1.807) is 0 Å². The van der Waals surface area contributed by atoms with Crippen molar-refractivity contribution in [3.8, 4) is 0 Å². The first-order valence-corrected chi connectivity index (χ1v) is 5.99. The molecule has 0 fully saturated rings. The van der Waals surface area contributed by atoms with Crippen LogP contribution in [0.5, 0.6) is 0 Å². The zero-order chi connectivity index (χ0) is 13.0. The second-order valence-electron chi connectivity index (χ2n) is 4.25. The van der Waals surface area contributed by atoms with Crippen LogP contribution in [0.3, 0.4) is 0 Å². The molecule has 94 valence electrons. The highest BCUT2D eigenvalue weighted by Crippen LogP contribution is 2.12. The largest absolute Gasteiger partial charge is 0.464 e.